The molecule has 29 heavy (non-hydrogen) atoms. The van der Waals surface area contributed by atoms with Crippen molar-refractivity contribution in [2.75, 3.05) is 10.2 Å². The van der Waals surface area contributed by atoms with Crippen LogP contribution in [0.25, 0.3) is 0 Å². The van der Waals surface area contributed by atoms with E-state index >= 15 is 0 Å². The van der Waals surface area contributed by atoms with E-state index in [1.165, 1.54) is 4.90 Å². The van der Waals surface area contributed by atoms with E-state index in [-0.39, 0.29) is 12.0 Å². The molecule has 1 aliphatic heterocycles. The van der Waals surface area contributed by atoms with E-state index in [4.69, 9.17) is 0 Å². The van der Waals surface area contributed by atoms with Gasteiger partial charge in [-0.05, 0) is 30.3 Å². The van der Waals surface area contributed by atoms with Crippen LogP contribution < -0.4 is 10.2 Å². The Hall–Kier alpha value is -3.70. The predicted molar refractivity (Wildman–Crippen MR) is 113 cm³/mol. The fraction of sp³-hybridized carbons (Fsp3) is 0.0833. The van der Waals surface area contributed by atoms with Gasteiger partial charge in [0.15, 0.2) is 5.60 Å². The zero-order chi connectivity index (χ0) is 20.4. The van der Waals surface area contributed by atoms with Crippen molar-refractivity contribution in [3.8, 4) is 0 Å². The smallest absolute Gasteiger partial charge is 0.268 e. The van der Waals surface area contributed by atoms with Crippen LogP contribution >= 0.6 is 0 Å². The summed E-state index contributed by atoms with van der Waals surface area (Å²) in [6.07, 6.45) is -0.204. The number of fused-ring (bicyclic) bond motifs is 1. The molecule has 1 aliphatic rings. The molecule has 0 saturated heterocycles. The lowest BCUT2D eigenvalue weighted by Gasteiger charge is -2.24. The highest BCUT2D eigenvalue weighted by Crippen LogP contribution is 2.46. The highest BCUT2D eigenvalue weighted by molar-refractivity contribution is 6.13. The van der Waals surface area contributed by atoms with Gasteiger partial charge in [0.2, 0.25) is 0 Å². The molecule has 0 unspecified atom stereocenters. The Balaban J connectivity index is 1.63. The molecule has 4 rings (SSSR count). The summed E-state index contributed by atoms with van der Waals surface area (Å²) in [5.74, 6) is -0.938. The van der Waals surface area contributed by atoms with Crippen LogP contribution in [0.3, 0.4) is 0 Å². The van der Waals surface area contributed by atoms with Crippen molar-refractivity contribution in [1.82, 2.24) is 0 Å². The number of carbonyl (C=O) groups excluding carboxylic acids is 2. The molecule has 3 aromatic rings. The van der Waals surface area contributed by atoms with Crippen molar-refractivity contribution in [3.63, 3.8) is 0 Å². The number of amides is 2. The van der Waals surface area contributed by atoms with Crippen LogP contribution in [0.4, 0.5) is 17.1 Å². The molecule has 0 fully saturated rings. The summed E-state index contributed by atoms with van der Waals surface area (Å²) in [7, 11) is 0. The van der Waals surface area contributed by atoms with E-state index in [0.717, 1.165) is 0 Å². The first-order chi connectivity index (χ1) is 14.0. The monoisotopic (exact) mass is 384 g/mol. The van der Waals surface area contributed by atoms with Gasteiger partial charge < -0.3 is 10.4 Å². The lowest BCUT2D eigenvalue weighted by molar-refractivity contribution is -0.135. The summed E-state index contributed by atoms with van der Waals surface area (Å²) < 4.78 is 0. The lowest BCUT2D eigenvalue weighted by Crippen LogP contribution is -2.39. The van der Waals surface area contributed by atoms with Crippen molar-refractivity contribution >= 4 is 28.9 Å². The maximum atomic E-state index is 13.3. The van der Waals surface area contributed by atoms with E-state index in [1.807, 2.05) is 30.3 Å². The van der Waals surface area contributed by atoms with Crippen molar-refractivity contribution in [1.29, 1.82) is 0 Å². The molecule has 0 bridgehead atoms. The number of rotatable bonds is 5. The summed E-state index contributed by atoms with van der Waals surface area (Å²) in [5.41, 5.74) is 0.590. The third-order valence-electron chi connectivity index (χ3n) is 4.98. The first-order valence-corrected chi connectivity index (χ1v) is 9.26. The minimum Gasteiger partial charge on any atom is -0.375 e. The van der Waals surface area contributed by atoms with Gasteiger partial charge in [0.05, 0.1) is 5.69 Å². The maximum Gasteiger partial charge on any atom is 0.268 e. The second-order valence-electron chi connectivity index (χ2n) is 6.95. The molecule has 2 N–H and O–H groups in total. The molecule has 5 heteroatoms. The number of benzene rings is 3. The number of nitrogens with zero attached hydrogens (tertiary/aromatic N) is 1. The van der Waals surface area contributed by atoms with Gasteiger partial charge >= 0.3 is 0 Å². The van der Waals surface area contributed by atoms with Gasteiger partial charge in [-0.1, -0.05) is 61.2 Å². The fourth-order valence-corrected chi connectivity index (χ4v) is 3.56. The van der Waals surface area contributed by atoms with E-state index in [1.54, 1.807) is 54.6 Å². The molecule has 0 saturated carbocycles. The largest absolute Gasteiger partial charge is 0.375 e. The normalized spacial score (nSPS) is 17.7. The van der Waals surface area contributed by atoms with Gasteiger partial charge in [-0.2, -0.15) is 0 Å². The van der Waals surface area contributed by atoms with Crippen molar-refractivity contribution in [2.24, 2.45) is 0 Å². The number of anilines is 3. The molecule has 1 heterocycles. The van der Waals surface area contributed by atoms with E-state index < -0.39 is 17.4 Å². The maximum absolute atomic E-state index is 13.3. The second-order valence-corrected chi connectivity index (χ2v) is 6.95. The molecular formula is C24H20N2O3. The second kappa shape index (κ2) is 7.37. The van der Waals surface area contributed by atoms with Gasteiger partial charge in [-0.15, -0.1) is 0 Å². The first-order valence-electron chi connectivity index (χ1n) is 9.26. The van der Waals surface area contributed by atoms with Crippen molar-refractivity contribution < 1.29 is 14.7 Å². The molecular weight excluding hydrogens is 364 g/mol. The molecule has 0 aliphatic carbocycles. The molecule has 2 amide bonds. The van der Waals surface area contributed by atoms with Crippen LogP contribution in [0.15, 0.2) is 97.1 Å². The van der Waals surface area contributed by atoms with Gasteiger partial charge in [0, 0.05) is 28.9 Å². The third kappa shape index (κ3) is 3.32. The molecule has 0 radical (unpaired) electrons. The van der Waals surface area contributed by atoms with Gasteiger partial charge in [0.25, 0.3) is 11.8 Å². The average molecular weight is 384 g/mol. The summed E-state index contributed by atoms with van der Waals surface area (Å²) in [4.78, 5) is 27.4. The number of aliphatic hydroxyl groups is 1. The fourth-order valence-electron chi connectivity index (χ4n) is 3.56. The molecule has 3 aromatic carbocycles. The molecule has 1 atom stereocenters. The Bertz CT molecular complexity index is 1080. The van der Waals surface area contributed by atoms with E-state index in [0.29, 0.717) is 22.6 Å². The van der Waals surface area contributed by atoms with E-state index in [2.05, 4.69) is 11.9 Å². The molecule has 144 valence electrons. The highest BCUT2D eigenvalue weighted by Gasteiger charge is 2.50. The Morgan fingerprint density at radius 1 is 0.931 bits per heavy atom. The quantitative estimate of drug-likeness (QED) is 0.650. The SMILES string of the molecule is C=C(C[C@]1(O)C(=O)N(c2ccccc2)c2ccccc21)C(=O)Nc1ccccc1. The number of hydrogen-bond acceptors (Lipinski definition) is 3. The predicted octanol–water partition coefficient (Wildman–Crippen LogP) is 4.14. The Morgan fingerprint density at radius 3 is 2.21 bits per heavy atom. The van der Waals surface area contributed by atoms with Crippen LogP contribution in [-0.4, -0.2) is 16.9 Å². The minimum atomic E-state index is -1.86. The Labute approximate surface area is 168 Å². The number of hydrogen-bond donors (Lipinski definition) is 2. The summed E-state index contributed by atoms with van der Waals surface area (Å²) in [6, 6.07) is 25.2. The van der Waals surface area contributed by atoms with Crippen LogP contribution in [-0.2, 0) is 15.2 Å². The van der Waals surface area contributed by atoms with Gasteiger partial charge in [-0.25, -0.2) is 0 Å². The minimum absolute atomic E-state index is 0.120. The van der Waals surface area contributed by atoms with Crippen LogP contribution in [0.2, 0.25) is 0 Å². The standard InChI is InChI=1S/C24H20N2O3/c1-17(22(27)25-18-10-4-2-5-11-18)16-24(29)20-14-8-9-15-21(20)26(23(24)28)19-12-6-3-7-13-19/h2-15,29H,1,16H2,(H,25,27)/t24-/m1/s1. The van der Waals surface area contributed by atoms with Crippen LogP contribution in [0.1, 0.15) is 12.0 Å². The third-order valence-corrected chi connectivity index (χ3v) is 4.98. The number of para-hydroxylation sites is 3. The van der Waals surface area contributed by atoms with Gasteiger partial charge in [-0.3, -0.25) is 14.5 Å². The lowest BCUT2D eigenvalue weighted by atomic mass is 9.88. The zero-order valence-electron chi connectivity index (χ0n) is 15.7. The summed E-state index contributed by atoms with van der Waals surface area (Å²) >= 11 is 0. The van der Waals surface area contributed by atoms with E-state index in [9.17, 15) is 14.7 Å². The van der Waals surface area contributed by atoms with Crippen LogP contribution in [0.5, 0.6) is 0 Å². The number of carbonyl (C=O) groups is 2. The average Bonchev–Trinajstić information content (AvgIpc) is 2.96. The summed E-state index contributed by atoms with van der Waals surface area (Å²) in [6.45, 7) is 3.82. The first kappa shape index (κ1) is 18.7. The number of nitrogens with one attached hydrogen (secondary N) is 1. The molecule has 5 nitrogen and oxygen atoms in total. The Morgan fingerprint density at radius 2 is 1.52 bits per heavy atom. The summed E-state index contributed by atoms with van der Waals surface area (Å²) in [5, 5.41) is 14.1. The Kier molecular flexibility index (Phi) is 4.74. The van der Waals surface area contributed by atoms with Crippen LogP contribution in [0, 0.1) is 0 Å². The topological polar surface area (TPSA) is 69.6 Å². The van der Waals surface area contributed by atoms with Gasteiger partial charge in [0.1, 0.15) is 0 Å². The molecule has 0 aromatic heterocycles. The highest BCUT2D eigenvalue weighted by atomic mass is 16.3. The molecule has 0 spiro atoms. The van der Waals surface area contributed by atoms with Crippen molar-refractivity contribution in [3.05, 3.63) is 103 Å². The van der Waals surface area contributed by atoms with Crippen molar-refractivity contribution in [2.45, 2.75) is 12.0 Å². The zero-order valence-corrected chi connectivity index (χ0v) is 15.7.